The molecule has 3 aromatic rings. The van der Waals surface area contributed by atoms with E-state index in [0.29, 0.717) is 5.69 Å². The highest BCUT2D eigenvalue weighted by Gasteiger charge is 2.25. The van der Waals surface area contributed by atoms with Crippen molar-refractivity contribution in [2.75, 3.05) is 18.4 Å². The van der Waals surface area contributed by atoms with Gasteiger partial charge in [-0.2, -0.15) is 5.10 Å². The van der Waals surface area contributed by atoms with Gasteiger partial charge in [0, 0.05) is 24.2 Å². The largest absolute Gasteiger partial charge is 0.337 e. The van der Waals surface area contributed by atoms with Crippen molar-refractivity contribution < 1.29 is 9.59 Å². The van der Waals surface area contributed by atoms with Crippen molar-refractivity contribution in [3.8, 4) is 0 Å². The quantitative estimate of drug-likeness (QED) is 0.757. The standard InChI is InChI=1S/C22H24N4O2/c1-15-9-10-16(2)18(13-15)23-20(27)14-26-19-8-4-3-7-17(19)21(24-26)22(28)25-11-5-6-12-25/h3-4,7-10,13H,5-6,11-12,14H2,1-2H3,(H,23,27). The summed E-state index contributed by atoms with van der Waals surface area (Å²) in [6, 6.07) is 13.5. The lowest BCUT2D eigenvalue weighted by atomic mass is 10.1. The molecule has 2 heterocycles. The van der Waals surface area contributed by atoms with Crippen molar-refractivity contribution in [2.24, 2.45) is 0 Å². The summed E-state index contributed by atoms with van der Waals surface area (Å²) in [6.07, 6.45) is 2.06. The zero-order valence-electron chi connectivity index (χ0n) is 16.2. The highest BCUT2D eigenvalue weighted by Crippen LogP contribution is 2.22. The first-order valence-corrected chi connectivity index (χ1v) is 9.65. The van der Waals surface area contributed by atoms with Gasteiger partial charge in [0.15, 0.2) is 5.69 Å². The number of amides is 2. The normalized spacial score (nSPS) is 13.9. The number of rotatable bonds is 4. The van der Waals surface area contributed by atoms with Gasteiger partial charge in [0.2, 0.25) is 5.91 Å². The van der Waals surface area contributed by atoms with E-state index in [0.717, 1.165) is 53.6 Å². The van der Waals surface area contributed by atoms with Gasteiger partial charge < -0.3 is 10.2 Å². The van der Waals surface area contributed by atoms with Crippen LogP contribution in [0.25, 0.3) is 10.9 Å². The molecule has 1 aliphatic heterocycles. The van der Waals surface area contributed by atoms with Crippen LogP contribution in [0.15, 0.2) is 42.5 Å². The Balaban J connectivity index is 1.61. The maximum atomic E-state index is 12.9. The molecular formula is C22H24N4O2. The zero-order chi connectivity index (χ0) is 19.7. The third kappa shape index (κ3) is 3.50. The van der Waals surface area contributed by atoms with Crippen molar-refractivity contribution in [3.63, 3.8) is 0 Å². The molecule has 28 heavy (non-hydrogen) atoms. The minimum absolute atomic E-state index is 0.0533. The molecule has 4 rings (SSSR count). The number of fused-ring (bicyclic) bond motifs is 1. The van der Waals surface area contributed by atoms with E-state index in [9.17, 15) is 9.59 Å². The van der Waals surface area contributed by atoms with Gasteiger partial charge in [0.1, 0.15) is 6.54 Å². The van der Waals surface area contributed by atoms with Crippen LogP contribution in [0, 0.1) is 13.8 Å². The molecule has 6 nitrogen and oxygen atoms in total. The Hall–Kier alpha value is -3.15. The fourth-order valence-corrected chi connectivity index (χ4v) is 3.67. The second-order valence-electron chi connectivity index (χ2n) is 7.39. The molecule has 0 unspecified atom stereocenters. The Bertz CT molecular complexity index is 1050. The van der Waals surface area contributed by atoms with E-state index in [1.165, 1.54) is 0 Å². The third-order valence-corrected chi connectivity index (χ3v) is 5.21. The lowest BCUT2D eigenvalue weighted by Crippen LogP contribution is -2.28. The van der Waals surface area contributed by atoms with Crippen molar-refractivity contribution >= 4 is 28.4 Å². The summed E-state index contributed by atoms with van der Waals surface area (Å²) >= 11 is 0. The maximum Gasteiger partial charge on any atom is 0.275 e. The van der Waals surface area contributed by atoms with E-state index in [2.05, 4.69) is 10.4 Å². The van der Waals surface area contributed by atoms with Crippen molar-refractivity contribution in [1.29, 1.82) is 0 Å². The number of likely N-dealkylation sites (tertiary alicyclic amines) is 1. The lowest BCUT2D eigenvalue weighted by Gasteiger charge is -2.13. The van der Waals surface area contributed by atoms with Crippen LogP contribution in [0.2, 0.25) is 0 Å². The van der Waals surface area contributed by atoms with E-state index in [4.69, 9.17) is 0 Å². The number of aromatic nitrogens is 2. The number of aryl methyl sites for hydroxylation is 2. The summed E-state index contributed by atoms with van der Waals surface area (Å²) in [7, 11) is 0. The molecule has 144 valence electrons. The first kappa shape index (κ1) is 18.2. The minimum atomic E-state index is -0.165. The average molecular weight is 376 g/mol. The molecule has 1 aliphatic rings. The highest BCUT2D eigenvalue weighted by atomic mass is 16.2. The Kier molecular flexibility index (Phi) is 4.86. The lowest BCUT2D eigenvalue weighted by molar-refractivity contribution is -0.116. The molecule has 0 bridgehead atoms. The van der Waals surface area contributed by atoms with Gasteiger partial charge in [-0.3, -0.25) is 14.3 Å². The summed E-state index contributed by atoms with van der Waals surface area (Å²) < 4.78 is 1.62. The van der Waals surface area contributed by atoms with Gasteiger partial charge in [0.05, 0.1) is 5.52 Å². The Labute approximate surface area is 164 Å². The molecule has 1 fully saturated rings. The summed E-state index contributed by atoms with van der Waals surface area (Å²) in [4.78, 5) is 27.4. The van der Waals surface area contributed by atoms with E-state index in [-0.39, 0.29) is 18.4 Å². The Morgan fingerprint density at radius 2 is 1.82 bits per heavy atom. The predicted octanol–water partition coefficient (Wildman–Crippen LogP) is 3.53. The molecule has 0 saturated carbocycles. The van der Waals surface area contributed by atoms with E-state index < -0.39 is 0 Å². The molecule has 1 N–H and O–H groups in total. The predicted molar refractivity (Wildman–Crippen MR) is 109 cm³/mol. The smallest absolute Gasteiger partial charge is 0.275 e. The van der Waals surface area contributed by atoms with Crippen molar-refractivity contribution in [3.05, 3.63) is 59.3 Å². The fourth-order valence-electron chi connectivity index (χ4n) is 3.67. The number of benzene rings is 2. The molecule has 1 aromatic heterocycles. The maximum absolute atomic E-state index is 12.9. The van der Waals surface area contributed by atoms with Crippen molar-refractivity contribution in [2.45, 2.75) is 33.2 Å². The zero-order valence-corrected chi connectivity index (χ0v) is 16.2. The van der Waals surface area contributed by atoms with Crippen molar-refractivity contribution in [1.82, 2.24) is 14.7 Å². The van der Waals surface area contributed by atoms with Gasteiger partial charge in [0.25, 0.3) is 5.91 Å². The second kappa shape index (κ2) is 7.46. The highest BCUT2D eigenvalue weighted by molar-refractivity contribution is 6.05. The Morgan fingerprint density at radius 3 is 2.61 bits per heavy atom. The number of para-hydroxylation sites is 1. The second-order valence-corrected chi connectivity index (χ2v) is 7.39. The number of hydrogen-bond donors (Lipinski definition) is 1. The topological polar surface area (TPSA) is 67.2 Å². The van der Waals surface area contributed by atoms with Gasteiger partial charge in [-0.05, 0) is 49.9 Å². The summed E-state index contributed by atoms with van der Waals surface area (Å²) in [5, 5.41) is 8.27. The van der Waals surface area contributed by atoms with Crippen LogP contribution in [0.4, 0.5) is 5.69 Å². The molecule has 0 spiro atoms. The van der Waals surface area contributed by atoms with Crippen LogP contribution in [0.3, 0.4) is 0 Å². The number of hydrogen-bond acceptors (Lipinski definition) is 3. The van der Waals surface area contributed by atoms with Gasteiger partial charge in [-0.25, -0.2) is 0 Å². The van der Waals surface area contributed by atoms with Crippen LogP contribution in [0.5, 0.6) is 0 Å². The number of nitrogens with one attached hydrogen (secondary N) is 1. The number of nitrogens with zero attached hydrogens (tertiary/aromatic N) is 3. The monoisotopic (exact) mass is 376 g/mol. The molecule has 2 amide bonds. The number of anilines is 1. The molecule has 1 saturated heterocycles. The van der Waals surface area contributed by atoms with Crippen LogP contribution in [0.1, 0.15) is 34.5 Å². The molecule has 0 atom stereocenters. The van der Waals surface area contributed by atoms with Crippen LogP contribution < -0.4 is 5.32 Å². The Morgan fingerprint density at radius 1 is 1.07 bits per heavy atom. The molecule has 0 aliphatic carbocycles. The van der Waals surface area contributed by atoms with E-state index in [1.54, 1.807) is 4.68 Å². The molecule has 0 radical (unpaired) electrons. The SMILES string of the molecule is Cc1ccc(C)c(NC(=O)Cn2nc(C(=O)N3CCCC3)c3ccccc32)c1. The molecule has 2 aromatic carbocycles. The third-order valence-electron chi connectivity index (χ3n) is 5.21. The minimum Gasteiger partial charge on any atom is -0.337 e. The number of carbonyl (C=O) groups excluding carboxylic acids is 2. The first-order valence-electron chi connectivity index (χ1n) is 9.65. The number of carbonyl (C=O) groups is 2. The van der Waals surface area contributed by atoms with Crippen LogP contribution in [-0.4, -0.2) is 39.6 Å². The van der Waals surface area contributed by atoms with Crippen LogP contribution in [-0.2, 0) is 11.3 Å². The molecule has 6 heteroatoms. The van der Waals surface area contributed by atoms with Gasteiger partial charge in [-0.15, -0.1) is 0 Å². The fraction of sp³-hybridized carbons (Fsp3) is 0.318. The summed E-state index contributed by atoms with van der Waals surface area (Å²) in [5.74, 6) is -0.218. The average Bonchev–Trinajstić information content (AvgIpc) is 3.33. The first-order chi connectivity index (χ1) is 13.5. The summed E-state index contributed by atoms with van der Waals surface area (Å²) in [5.41, 5.74) is 4.12. The van der Waals surface area contributed by atoms with E-state index in [1.807, 2.05) is 61.2 Å². The van der Waals surface area contributed by atoms with Gasteiger partial charge >= 0.3 is 0 Å². The van der Waals surface area contributed by atoms with Crippen LogP contribution >= 0.6 is 0 Å². The summed E-state index contributed by atoms with van der Waals surface area (Å²) in [6.45, 7) is 5.55. The van der Waals surface area contributed by atoms with Gasteiger partial charge in [-0.1, -0.05) is 30.3 Å². The molecular weight excluding hydrogens is 352 g/mol. The van der Waals surface area contributed by atoms with E-state index >= 15 is 0 Å².